The quantitative estimate of drug-likeness (QED) is 0.820. The predicted molar refractivity (Wildman–Crippen MR) is 104 cm³/mol. The Labute approximate surface area is 157 Å². The van der Waals surface area contributed by atoms with E-state index in [1.165, 1.54) is 10.5 Å². The van der Waals surface area contributed by atoms with Crippen LogP contribution in [0.3, 0.4) is 0 Å². The third kappa shape index (κ3) is 5.97. The van der Waals surface area contributed by atoms with E-state index in [4.69, 9.17) is 4.74 Å². The second kappa shape index (κ2) is 9.90. The van der Waals surface area contributed by atoms with Gasteiger partial charge in [-0.15, -0.1) is 0 Å². The van der Waals surface area contributed by atoms with Crippen molar-refractivity contribution >= 4 is 6.41 Å². The lowest BCUT2D eigenvalue weighted by Gasteiger charge is -2.43. The Bertz CT molecular complexity index is 534. The topological polar surface area (TPSA) is 56.3 Å². The van der Waals surface area contributed by atoms with Crippen LogP contribution in [0.25, 0.3) is 0 Å². The van der Waals surface area contributed by atoms with Crippen molar-refractivity contribution < 1.29 is 14.6 Å². The van der Waals surface area contributed by atoms with Crippen molar-refractivity contribution in [1.29, 1.82) is 0 Å². The minimum Gasteiger partial charge on any atom is -0.508 e. The zero-order valence-corrected chi connectivity index (χ0v) is 16.4. The number of benzene rings is 1. The Kier molecular flexibility index (Phi) is 7.87. The molecule has 0 aromatic heterocycles. The van der Waals surface area contributed by atoms with E-state index in [1.54, 1.807) is 14.1 Å². The van der Waals surface area contributed by atoms with Crippen molar-refractivity contribution in [2.75, 3.05) is 67.1 Å². The van der Waals surface area contributed by atoms with Crippen LogP contribution in [0.4, 0.5) is 0 Å². The summed E-state index contributed by atoms with van der Waals surface area (Å²) in [6, 6.07) is 7.82. The van der Waals surface area contributed by atoms with E-state index >= 15 is 0 Å². The molecule has 2 fully saturated rings. The molecule has 2 aliphatic rings. The molecule has 0 bridgehead atoms. The lowest BCUT2D eigenvalue weighted by Crippen LogP contribution is -2.51. The number of amides is 1. The molecule has 2 saturated heterocycles. The highest BCUT2D eigenvalue weighted by molar-refractivity contribution is 5.45. The summed E-state index contributed by atoms with van der Waals surface area (Å²) in [5, 5.41) is 9.55. The highest BCUT2D eigenvalue weighted by Gasteiger charge is 2.36. The number of carbonyl (C=O) groups excluding carboxylic acids is 1. The van der Waals surface area contributed by atoms with Crippen LogP contribution in [0.1, 0.15) is 18.4 Å². The van der Waals surface area contributed by atoms with Gasteiger partial charge in [0.1, 0.15) is 5.75 Å². The molecule has 0 aliphatic carbocycles. The Hall–Kier alpha value is -1.63. The molecule has 0 saturated carbocycles. The number of phenols is 1. The van der Waals surface area contributed by atoms with Crippen molar-refractivity contribution in [3.8, 4) is 5.75 Å². The van der Waals surface area contributed by atoms with E-state index in [0.717, 1.165) is 65.2 Å². The number of hydrogen-bond acceptors (Lipinski definition) is 5. The molecule has 1 N–H and O–H groups in total. The minimum atomic E-state index is 0.182. The lowest BCUT2D eigenvalue weighted by molar-refractivity contribution is -0.115. The van der Waals surface area contributed by atoms with Gasteiger partial charge in [-0.1, -0.05) is 12.1 Å². The SMILES string of the molecule is CN(C)C=O.CN1CCN(CC2(c3ccc(O)cc3)CCOCC2)CC1. The van der Waals surface area contributed by atoms with Gasteiger partial charge in [0.05, 0.1) is 0 Å². The fraction of sp³-hybridized carbons (Fsp3) is 0.650. The fourth-order valence-electron chi connectivity index (χ4n) is 3.55. The summed E-state index contributed by atoms with van der Waals surface area (Å²) < 4.78 is 5.60. The first-order chi connectivity index (χ1) is 12.4. The van der Waals surface area contributed by atoms with Gasteiger partial charge in [0, 0.05) is 65.4 Å². The van der Waals surface area contributed by atoms with E-state index < -0.39 is 0 Å². The number of nitrogens with zero attached hydrogens (tertiary/aromatic N) is 3. The molecule has 6 nitrogen and oxygen atoms in total. The molecule has 2 aliphatic heterocycles. The number of aromatic hydroxyl groups is 1. The van der Waals surface area contributed by atoms with E-state index in [-0.39, 0.29) is 5.41 Å². The lowest BCUT2D eigenvalue weighted by atomic mass is 9.73. The Morgan fingerprint density at radius 3 is 2.15 bits per heavy atom. The first-order valence-corrected chi connectivity index (χ1v) is 9.35. The third-order valence-corrected chi connectivity index (χ3v) is 5.26. The summed E-state index contributed by atoms with van der Waals surface area (Å²) in [6.45, 7) is 7.40. The highest BCUT2D eigenvalue weighted by atomic mass is 16.5. The number of piperazine rings is 1. The maximum atomic E-state index is 9.55. The molecule has 0 atom stereocenters. The van der Waals surface area contributed by atoms with Crippen molar-refractivity contribution in [1.82, 2.24) is 14.7 Å². The molecule has 0 unspecified atom stereocenters. The summed E-state index contributed by atoms with van der Waals surface area (Å²) in [5.74, 6) is 0.348. The number of ether oxygens (including phenoxy) is 1. The zero-order chi connectivity index (χ0) is 19.0. The van der Waals surface area contributed by atoms with Crippen LogP contribution in [0.5, 0.6) is 5.75 Å². The van der Waals surface area contributed by atoms with Gasteiger partial charge >= 0.3 is 0 Å². The third-order valence-electron chi connectivity index (χ3n) is 5.26. The summed E-state index contributed by atoms with van der Waals surface area (Å²) in [7, 11) is 5.57. The molecule has 3 rings (SSSR count). The summed E-state index contributed by atoms with van der Waals surface area (Å²) in [6.07, 6.45) is 2.90. The maximum Gasteiger partial charge on any atom is 0.209 e. The maximum absolute atomic E-state index is 9.55. The second-order valence-corrected chi connectivity index (χ2v) is 7.59. The molecule has 26 heavy (non-hydrogen) atoms. The molecule has 0 radical (unpaired) electrons. The van der Waals surface area contributed by atoms with Gasteiger partial charge in [-0.05, 0) is 37.6 Å². The van der Waals surface area contributed by atoms with Crippen LogP contribution in [-0.4, -0.2) is 93.3 Å². The highest BCUT2D eigenvalue weighted by Crippen LogP contribution is 2.36. The molecule has 146 valence electrons. The minimum absolute atomic E-state index is 0.182. The molecule has 1 aromatic rings. The van der Waals surface area contributed by atoms with E-state index in [9.17, 15) is 9.90 Å². The Morgan fingerprint density at radius 1 is 1.12 bits per heavy atom. The van der Waals surface area contributed by atoms with Crippen molar-refractivity contribution in [2.24, 2.45) is 0 Å². The molecular formula is C20H33N3O3. The van der Waals surface area contributed by atoms with Gasteiger partial charge in [0.2, 0.25) is 6.41 Å². The molecule has 6 heteroatoms. The number of phenolic OH excluding ortho intramolecular Hbond substituents is 1. The van der Waals surface area contributed by atoms with Gasteiger partial charge in [-0.25, -0.2) is 0 Å². The van der Waals surface area contributed by atoms with E-state index in [1.807, 2.05) is 12.1 Å². The van der Waals surface area contributed by atoms with Gasteiger partial charge < -0.3 is 19.6 Å². The molecule has 0 spiro atoms. The van der Waals surface area contributed by atoms with Crippen LogP contribution in [0, 0.1) is 0 Å². The van der Waals surface area contributed by atoms with Crippen molar-refractivity contribution in [2.45, 2.75) is 18.3 Å². The van der Waals surface area contributed by atoms with Crippen LogP contribution >= 0.6 is 0 Å². The number of carbonyl (C=O) groups is 1. The van der Waals surface area contributed by atoms with Gasteiger partial charge in [0.15, 0.2) is 0 Å². The van der Waals surface area contributed by atoms with Gasteiger partial charge in [0.25, 0.3) is 0 Å². The number of likely N-dealkylation sites (N-methyl/N-ethyl adjacent to an activating group) is 1. The number of rotatable bonds is 4. The summed E-state index contributed by atoms with van der Waals surface area (Å²) in [5.41, 5.74) is 1.53. The Balaban J connectivity index is 0.000000431. The van der Waals surface area contributed by atoms with Crippen molar-refractivity contribution in [3.63, 3.8) is 0 Å². The van der Waals surface area contributed by atoms with Crippen LogP contribution in [0.2, 0.25) is 0 Å². The monoisotopic (exact) mass is 363 g/mol. The zero-order valence-electron chi connectivity index (χ0n) is 16.4. The fourth-order valence-corrected chi connectivity index (χ4v) is 3.55. The first kappa shape index (κ1) is 20.7. The van der Waals surface area contributed by atoms with Crippen LogP contribution in [0.15, 0.2) is 24.3 Å². The normalized spacial score (nSPS) is 20.7. The van der Waals surface area contributed by atoms with Crippen LogP contribution < -0.4 is 0 Å². The summed E-state index contributed by atoms with van der Waals surface area (Å²) >= 11 is 0. The van der Waals surface area contributed by atoms with Crippen LogP contribution in [-0.2, 0) is 14.9 Å². The predicted octanol–water partition coefficient (Wildman–Crippen LogP) is 1.39. The Morgan fingerprint density at radius 2 is 1.65 bits per heavy atom. The standard InChI is InChI=1S/C17H26N2O2.C3H7NO/c1-18-8-10-19(11-9-18)14-17(6-12-21-13-7-17)15-2-4-16(20)5-3-15;1-4(2)3-5/h2-5,20H,6-14H2,1H3;3H,1-2H3. The van der Waals surface area contributed by atoms with Gasteiger partial charge in [-0.2, -0.15) is 0 Å². The van der Waals surface area contributed by atoms with E-state index in [2.05, 4.69) is 29.0 Å². The average Bonchev–Trinajstić information content (AvgIpc) is 2.65. The smallest absolute Gasteiger partial charge is 0.209 e. The van der Waals surface area contributed by atoms with Crippen molar-refractivity contribution in [3.05, 3.63) is 29.8 Å². The molecule has 1 amide bonds. The second-order valence-electron chi connectivity index (χ2n) is 7.59. The summed E-state index contributed by atoms with van der Waals surface area (Å²) in [4.78, 5) is 15.9. The molecule has 2 heterocycles. The average molecular weight is 364 g/mol. The largest absolute Gasteiger partial charge is 0.508 e. The first-order valence-electron chi connectivity index (χ1n) is 9.35. The van der Waals surface area contributed by atoms with Gasteiger partial charge in [-0.3, -0.25) is 9.69 Å². The molecular weight excluding hydrogens is 330 g/mol. The number of hydrogen-bond donors (Lipinski definition) is 1. The van der Waals surface area contributed by atoms with E-state index in [0.29, 0.717) is 5.75 Å². The molecule has 1 aromatic carbocycles.